The summed E-state index contributed by atoms with van der Waals surface area (Å²) >= 11 is 0. The van der Waals surface area contributed by atoms with E-state index < -0.39 is 0 Å². The lowest BCUT2D eigenvalue weighted by Gasteiger charge is -2.33. The Kier molecular flexibility index (Phi) is 6.42. The first-order chi connectivity index (χ1) is 15.2. The number of carbonyl (C=O) groups excluding carboxylic acids is 1. The summed E-state index contributed by atoms with van der Waals surface area (Å²) in [4.78, 5) is 29.3. The molecule has 174 valence electrons. The minimum Gasteiger partial charge on any atom is -0.493 e. The van der Waals surface area contributed by atoms with Gasteiger partial charge in [-0.15, -0.1) is 0 Å². The monoisotopic (exact) mass is 440 g/mol. The number of rotatable bonds is 4. The van der Waals surface area contributed by atoms with Crippen LogP contribution in [0.4, 0.5) is 11.8 Å². The zero-order chi connectivity index (χ0) is 22.9. The fourth-order valence-electron chi connectivity index (χ4n) is 4.32. The van der Waals surface area contributed by atoms with Crippen LogP contribution in [0.5, 0.6) is 0 Å². The van der Waals surface area contributed by atoms with Gasteiger partial charge in [-0.3, -0.25) is 4.79 Å². The van der Waals surface area contributed by atoms with Gasteiger partial charge in [-0.25, -0.2) is 4.98 Å². The van der Waals surface area contributed by atoms with Gasteiger partial charge in [0.1, 0.15) is 24.2 Å². The summed E-state index contributed by atoms with van der Waals surface area (Å²) in [5, 5.41) is 3.18. The van der Waals surface area contributed by atoms with Crippen molar-refractivity contribution in [1.29, 1.82) is 0 Å². The van der Waals surface area contributed by atoms with Crippen molar-refractivity contribution in [1.82, 2.24) is 20.2 Å². The number of nitrogens with zero attached hydrogens (tertiary/aromatic N) is 5. The molecule has 1 unspecified atom stereocenters. The van der Waals surface area contributed by atoms with Crippen LogP contribution in [0.25, 0.3) is 0 Å². The minimum absolute atomic E-state index is 0.0167. The lowest BCUT2D eigenvalue weighted by molar-refractivity contribution is -0.121. The first kappa shape index (κ1) is 22.6. The predicted molar refractivity (Wildman–Crippen MR) is 126 cm³/mol. The highest BCUT2D eigenvalue weighted by Gasteiger charge is 2.33. The SMILES string of the molecule is CC1=C(NC(=O)C2CCCN2c2ccnc(N3CCN(C)CC3)n2)C=C(C(C)(C)C)OC1. The molecule has 3 aliphatic heterocycles. The third-order valence-electron chi connectivity index (χ3n) is 6.44. The predicted octanol–water partition coefficient (Wildman–Crippen LogP) is 2.55. The van der Waals surface area contributed by atoms with Gasteiger partial charge in [0.05, 0.1) is 0 Å². The van der Waals surface area contributed by atoms with Gasteiger partial charge in [-0.1, -0.05) is 20.8 Å². The molecule has 4 heterocycles. The molecule has 0 aliphatic carbocycles. The minimum atomic E-state index is -0.236. The van der Waals surface area contributed by atoms with Crippen molar-refractivity contribution in [2.45, 2.75) is 46.6 Å². The van der Waals surface area contributed by atoms with Crippen LogP contribution in [0.1, 0.15) is 40.5 Å². The molecule has 1 atom stereocenters. The Balaban J connectivity index is 1.49. The molecule has 8 nitrogen and oxygen atoms in total. The smallest absolute Gasteiger partial charge is 0.247 e. The zero-order valence-corrected chi connectivity index (χ0v) is 20.0. The van der Waals surface area contributed by atoms with Crippen LogP contribution < -0.4 is 15.1 Å². The zero-order valence-electron chi connectivity index (χ0n) is 20.0. The molecule has 32 heavy (non-hydrogen) atoms. The average Bonchev–Trinajstić information content (AvgIpc) is 3.25. The maximum Gasteiger partial charge on any atom is 0.247 e. The van der Waals surface area contributed by atoms with Crippen molar-refractivity contribution in [3.63, 3.8) is 0 Å². The number of hydrogen-bond acceptors (Lipinski definition) is 7. The molecule has 0 aromatic carbocycles. The van der Waals surface area contributed by atoms with Gasteiger partial charge in [0.15, 0.2) is 0 Å². The highest BCUT2D eigenvalue weighted by molar-refractivity contribution is 5.87. The second-order valence-electron chi connectivity index (χ2n) is 10.1. The van der Waals surface area contributed by atoms with E-state index in [0.29, 0.717) is 6.61 Å². The maximum atomic E-state index is 13.3. The Labute approximate surface area is 191 Å². The summed E-state index contributed by atoms with van der Waals surface area (Å²) in [6.07, 6.45) is 5.58. The summed E-state index contributed by atoms with van der Waals surface area (Å²) < 4.78 is 5.88. The number of hydrogen-bond donors (Lipinski definition) is 1. The summed E-state index contributed by atoms with van der Waals surface area (Å²) in [5.41, 5.74) is 1.80. The van der Waals surface area contributed by atoms with Crippen LogP contribution in [0.15, 0.2) is 35.4 Å². The summed E-state index contributed by atoms with van der Waals surface area (Å²) in [6.45, 7) is 13.5. The van der Waals surface area contributed by atoms with Crippen LogP contribution >= 0.6 is 0 Å². The Bertz CT molecular complexity index is 911. The van der Waals surface area contributed by atoms with E-state index in [1.165, 1.54) is 0 Å². The molecule has 8 heteroatoms. The summed E-state index contributed by atoms with van der Waals surface area (Å²) in [6, 6.07) is 1.68. The molecule has 0 spiro atoms. The van der Waals surface area contributed by atoms with Crippen LogP contribution in [0, 0.1) is 5.41 Å². The van der Waals surface area contributed by atoms with Gasteiger partial charge in [0, 0.05) is 56.1 Å². The van der Waals surface area contributed by atoms with Crippen molar-refractivity contribution in [3.8, 4) is 0 Å². The second kappa shape index (κ2) is 9.10. The Morgan fingerprint density at radius 1 is 1.19 bits per heavy atom. The summed E-state index contributed by atoms with van der Waals surface area (Å²) in [5.74, 6) is 2.50. The van der Waals surface area contributed by atoms with Crippen LogP contribution in [-0.4, -0.2) is 73.2 Å². The Morgan fingerprint density at radius 2 is 1.94 bits per heavy atom. The van der Waals surface area contributed by atoms with Crippen LogP contribution in [0.2, 0.25) is 0 Å². The van der Waals surface area contributed by atoms with E-state index in [1.807, 2.05) is 25.3 Å². The fraction of sp³-hybridized carbons (Fsp3) is 0.625. The van der Waals surface area contributed by atoms with Crippen molar-refractivity contribution in [2.24, 2.45) is 5.41 Å². The van der Waals surface area contributed by atoms with E-state index in [4.69, 9.17) is 9.72 Å². The summed E-state index contributed by atoms with van der Waals surface area (Å²) in [7, 11) is 2.14. The molecule has 4 rings (SSSR count). The first-order valence-electron chi connectivity index (χ1n) is 11.6. The maximum absolute atomic E-state index is 13.3. The molecule has 1 aromatic heterocycles. The quantitative estimate of drug-likeness (QED) is 0.771. The molecule has 1 N–H and O–H groups in total. The van der Waals surface area contributed by atoms with Gasteiger partial charge in [0.25, 0.3) is 0 Å². The van der Waals surface area contributed by atoms with Crippen molar-refractivity contribution >= 4 is 17.7 Å². The van der Waals surface area contributed by atoms with E-state index in [9.17, 15) is 4.79 Å². The van der Waals surface area contributed by atoms with E-state index in [0.717, 1.165) is 74.4 Å². The molecule has 2 fully saturated rings. The number of piperazine rings is 1. The second-order valence-corrected chi connectivity index (χ2v) is 10.1. The molecule has 3 aliphatic rings. The van der Waals surface area contributed by atoms with Crippen molar-refractivity contribution in [2.75, 3.05) is 56.2 Å². The number of carbonyl (C=O) groups is 1. The van der Waals surface area contributed by atoms with Gasteiger partial charge < -0.3 is 24.8 Å². The molecule has 1 aromatic rings. The number of likely N-dealkylation sites (N-methyl/N-ethyl adjacent to an activating group) is 1. The Morgan fingerprint density at radius 3 is 2.66 bits per heavy atom. The van der Waals surface area contributed by atoms with Gasteiger partial charge in [0.2, 0.25) is 11.9 Å². The molecule has 1 amide bonds. The molecule has 0 bridgehead atoms. The van der Waals surface area contributed by atoms with Gasteiger partial charge >= 0.3 is 0 Å². The van der Waals surface area contributed by atoms with Gasteiger partial charge in [-0.05, 0) is 38.5 Å². The number of amides is 1. The molecule has 0 radical (unpaired) electrons. The van der Waals surface area contributed by atoms with E-state index in [1.54, 1.807) is 0 Å². The normalized spacial score (nSPS) is 22.7. The topological polar surface area (TPSA) is 73.8 Å². The van der Waals surface area contributed by atoms with Crippen molar-refractivity contribution < 1.29 is 9.53 Å². The van der Waals surface area contributed by atoms with Crippen LogP contribution in [-0.2, 0) is 9.53 Å². The Hall–Kier alpha value is -2.61. The third kappa shape index (κ3) is 4.90. The van der Waals surface area contributed by atoms with E-state index in [2.05, 4.69) is 52.8 Å². The number of allylic oxidation sites excluding steroid dienone is 2. The van der Waals surface area contributed by atoms with Gasteiger partial charge in [-0.2, -0.15) is 4.98 Å². The standard InChI is InChI=1S/C24H36N6O2/c1-17-16-32-20(24(2,3)4)15-18(17)26-22(31)19-7-6-10-30(19)21-8-9-25-23(27-21)29-13-11-28(5)12-14-29/h8-9,15,19H,6-7,10-14,16H2,1-5H3,(H,26,31). The molecule has 0 saturated carbocycles. The molecular weight excluding hydrogens is 404 g/mol. The highest BCUT2D eigenvalue weighted by Crippen LogP contribution is 2.31. The lowest BCUT2D eigenvalue weighted by atomic mass is 9.91. The van der Waals surface area contributed by atoms with Crippen molar-refractivity contribution in [3.05, 3.63) is 35.4 Å². The lowest BCUT2D eigenvalue weighted by Crippen LogP contribution is -2.46. The number of aromatic nitrogens is 2. The van der Waals surface area contributed by atoms with Crippen LogP contribution in [0.3, 0.4) is 0 Å². The molecular formula is C24H36N6O2. The van der Waals surface area contributed by atoms with E-state index >= 15 is 0 Å². The fourth-order valence-corrected chi connectivity index (χ4v) is 4.32. The number of ether oxygens (including phenoxy) is 1. The highest BCUT2D eigenvalue weighted by atomic mass is 16.5. The largest absolute Gasteiger partial charge is 0.493 e. The average molecular weight is 441 g/mol. The first-order valence-corrected chi connectivity index (χ1v) is 11.6. The third-order valence-corrected chi connectivity index (χ3v) is 6.44. The number of anilines is 2. The van der Waals surface area contributed by atoms with E-state index in [-0.39, 0.29) is 17.4 Å². The molecule has 2 saturated heterocycles. The number of nitrogens with one attached hydrogen (secondary N) is 1.